The van der Waals surface area contributed by atoms with E-state index in [9.17, 15) is 0 Å². The number of nitrogens with zero attached hydrogens (tertiary/aromatic N) is 4. The Kier molecular flexibility index (Phi) is 2.97. The Morgan fingerprint density at radius 1 is 1.53 bits per heavy atom. The Labute approximate surface area is 110 Å². The highest BCUT2D eigenvalue weighted by Crippen LogP contribution is 2.42. The lowest BCUT2D eigenvalue weighted by molar-refractivity contribution is 0.0751. The summed E-state index contributed by atoms with van der Waals surface area (Å²) in [5, 5.41) is 12.8. The van der Waals surface area contributed by atoms with E-state index in [4.69, 9.17) is 14.5 Å². The molecule has 6 heteroatoms. The molecule has 19 heavy (non-hydrogen) atoms. The van der Waals surface area contributed by atoms with Gasteiger partial charge in [0.05, 0.1) is 0 Å². The number of pyridine rings is 1. The molecule has 0 N–H and O–H groups in total. The van der Waals surface area contributed by atoms with Gasteiger partial charge in [-0.2, -0.15) is 10.2 Å². The predicted molar refractivity (Wildman–Crippen MR) is 64.7 cm³/mol. The smallest absolute Gasteiger partial charge is 0.258 e. The highest BCUT2D eigenvalue weighted by Gasteiger charge is 2.35. The molecule has 1 atom stereocenters. The van der Waals surface area contributed by atoms with Crippen molar-refractivity contribution in [2.45, 2.75) is 18.9 Å². The van der Waals surface area contributed by atoms with Gasteiger partial charge in [0.2, 0.25) is 5.82 Å². The van der Waals surface area contributed by atoms with Crippen molar-refractivity contribution in [2.75, 3.05) is 7.11 Å². The van der Waals surface area contributed by atoms with E-state index in [0.29, 0.717) is 28.9 Å². The summed E-state index contributed by atoms with van der Waals surface area (Å²) in [4.78, 5) is 8.25. The normalized spacial score (nSPS) is 16.0. The van der Waals surface area contributed by atoms with Crippen LogP contribution >= 0.6 is 0 Å². The number of ether oxygens (including phenoxy) is 1. The standard InChI is InChI=1S/C13H12N4O2/c1-18-11(8-2-3-8)12-16-13(19-17-12)9-4-5-15-10(6-9)7-14/h4-6,8,11H,2-3H2,1H3. The van der Waals surface area contributed by atoms with Crippen LogP contribution < -0.4 is 0 Å². The van der Waals surface area contributed by atoms with E-state index in [0.717, 1.165) is 12.8 Å². The minimum Gasteiger partial charge on any atom is -0.373 e. The Hall–Kier alpha value is -2.26. The summed E-state index contributed by atoms with van der Waals surface area (Å²) in [6.07, 6.45) is 3.72. The van der Waals surface area contributed by atoms with Crippen molar-refractivity contribution in [1.82, 2.24) is 15.1 Å². The molecule has 0 amide bonds. The second-order valence-electron chi connectivity index (χ2n) is 4.49. The van der Waals surface area contributed by atoms with Crippen LogP contribution in [0, 0.1) is 17.2 Å². The fourth-order valence-corrected chi connectivity index (χ4v) is 2.00. The van der Waals surface area contributed by atoms with E-state index in [-0.39, 0.29) is 6.10 Å². The largest absolute Gasteiger partial charge is 0.373 e. The molecule has 2 aromatic heterocycles. The Bertz CT molecular complexity index is 628. The maximum atomic E-state index is 8.82. The lowest BCUT2D eigenvalue weighted by Crippen LogP contribution is -2.05. The van der Waals surface area contributed by atoms with E-state index >= 15 is 0 Å². The first-order valence-corrected chi connectivity index (χ1v) is 6.04. The highest BCUT2D eigenvalue weighted by molar-refractivity contribution is 5.54. The maximum Gasteiger partial charge on any atom is 0.258 e. The van der Waals surface area contributed by atoms with E-state index in [1.165, 1.54) is 0 Å². The van der Waals surface area contributed by atoms with Gasteiger partial charge in [0, 0.05) is 18.9 Å². The molecule has 1 aliphatic rings. The van der Waals surface area contributed by atoms with Gasteiger partial charge in [-0.1, -0.05) is 5.16 Å². The third-order valence-corrected chi connectivity index (χ3v) is 3.12. The van der Waals surface area contributed by atoms with Crippen LogP contribution in [-0.2, 0) is 4.74 Å². The molecule has 96 valence electrons. The maximum absolute atomic E-state index is 8.82. The summed E-state index contributed by atoms with van der Waals surface area (Å²) in [6.45, 7) is 0. The molecule has 2 heterocycles. The third-order valence-electron chi connectivity index (χ3n) is 3.12. The number of nitriles is 1. The average Bonchev–Trinajstić information content (AvgIpc) is 3.17. The molecule has 1 unspecified atom stereocenters. The first-order chi connectivity index (χ1) is 9.31. The Balaban J connectivity index is 1.89. The number of hydrogen-bond acceptors (Lipinski definition) is 6. The SMILES string of the molecule is COC(c1noc(-c2ccnc(C#N)c2)n1)C1CC1. The monoisotopic (exact) mass is 256 g/mol. The van der Waals surface area contributed by atoms with Gasteiger partial charge in [0.25, 0.3) is 5.89 Å². The molecular formula is C13H12N4O2. The zero-order chi connectivity index (χ0) is 13.2. The van der Waals surface area contributed by atoms with Crippen LogP contribution in [0.15, 0.2) is 22.9 Å². The first-order valence-electron chi connectivity index (χ1n) is 6.04. The van der Waals surface area contributed by atoms with Gasteiger partial charge in [0.15, 0.2) is 0 Å². The van der Waals surface area contributed by atoms with Crippen molar-refractivity contribution in [1.29, 1.82) is 5.26 Å². The number of rotatable bonds is 4. The zero-order valence-corrected chi connectivity index (χ0v) is 10.4. The minimum absolute atomic E-state index is 0.102. The Morgan fingerprint density at radius 3 is 3.05 bits per heavy atom. The lowest BCUT2D eigenvalue weighted by atomic mass is 10.2. The molecule has 0 saturated heterocycles. The van der Waals surface area contributed by atoms with Gasteiger partial charge in [-0.25, -0.2) is 4.98 Å². The molecule has 0 aromatic carbocycles. The van der Waals surface area contributed by atoms with Crippen LogP contribution in [-0.4, -0.2) is 22.2 Å². The highest BCUT2D eigenvalue weighted by atomic mass is 16.5. The molecular weight excluding hydrogens is 244 g/mol. The summed E-state index contributed by atoms with van der Waals surface area (Å²) in [5.74, 6) is 1.44. The molecule has 3 rings (SSSR count). The van der Waals surface area contributed by atoms with Gasteiger partial charge in [0.1, 0.15) is 17.9 Å². The summed E-state index contributed by atoms with van der Waals surface area (Å²) in [6, 6.07) is 5.33. The van der Waals surface area contributed by atoms with Crippen molar-refractivity contribution >= 4 is 0 Å². The fraction of sp³-hybridized carbons (Fsp3) is 0.385. The first kappa shape index (κ1) is 11.8. The molecule has 1 fully saturated rings. The summed E-state index contributed by atoms with van der Waals surface area (Å²) < 4.78 is 10.6. The van der Waals surface area contributed by atoms with Gasteiger partial charge in [-0.3, -0.25) is 0 Å². The van der Waals surface area contributed by atoms with Gasteiger partial charge in [-0.05, 0) is 30.9 Å². The second-order valence-corrected chi connectivity index (χ2v) is 4.49. The average molecular weight is 256 g/mol. The fourth-order valence-electron chi connectivity index (χ4n) is 2.00. The third kappa shape index (κ3) is 2.33. The molecule has 0 spiro atoms. The lowest BCUT2D eigenvalue weighted by Gasteiger charge is -2.08. The molecule has 1 aliphatic carbocycles. The summed E-state index contributed by atoms with van der Waals surface area (Å²) >= 11 is 0. The van der Waals surface area contributed by atoms with Crippen molar-refractivity contribution in [3.8, 4) is 17.5 Å². The summed E-state index contributed by atoms with van der Waals surface area (Å²) in [7, 11) is 1.65. The number of hydrogen-bond donors (Lipinski definition) is 0. The van der Waals surface area contributed by atoms with Crippen LogP contribution in [0.5, 0.6) is 0 Å². The van der Waals surface area contributed by atoms with Gasteiger partial charge >= 0.3 is 0 Å². The number of methoxy groups -OCH3 is 1. The second kappa shape index (κ2) is 4.78. The zero-order valence-electron chi connectivity index (χ0n) is 10.4. The van der Waals surface area contributed by atoms with Crippen LogP contribution in [0.2, 0.25) is 0 Å². The van der Waals surface area contributed by atoms with Crippen LogP contribution in [0.4, 0.5) is 0 Å². The molecule has 0 aliphatic heterocycles. The van der Waals surface area contributed by atoms with Crippen molar-refractivity contribution in [2.24, 2.45) is 5.92 Å². The van der Waals surface area contributed by atoms with E-state index < -0.39 is 0 Å². The van der Waals surface area contributed by atoms with Crippen LogP contribution in [0.25, 0.3) is 11.5 Å². The van der Waals surface area contributed by atoms with E-state index in [1.807, 2.05) is 6.07 Å². The van der Waals surface area contributed by atoms with Crippen LogP contribution in [0.1, 0.15) is 30.5 Å². The molecule has 2 aromatic rings. The molecule has 1 saturated carbocycles. The quantitative estimate of drug-likeness (QED) is 0.832. The van der Waals surface area contributed by atoms with Crippen molar-refractivity contribution in [3.05, 3.63) is 29.8 Å². The van der Waals surface area contributed by atoms with Crippen molar-refractivity contribution < 1.29 is 9.26 Å². The van der Waals surface area contributed by atoms with Crippen molar-refractivity contribution in [3.63, 3.8) is 0 Å². The molecule has 6 nitrogen and oxygen atoms in total. The number of aromatic nitrogens is 3. The molecule has 0 bridgehead atoms. The minimum atomic E-state index is -0.102. The van der Waals surface area contributed by atoms with Gasteiger partial charge in [-0.15, -0.1) is 0 Å². The summed E-state index contributed by atoms with van der Waals surface area (Å²) in [5.41, 5.74) is 1.01. The predicted octanol–water partition coefficient (Wildman–Crippen LogP) is 2.10. The van der Waals surface area contributed by atoms with Gasteiger partial charge < -0.3 is 9.26 Å². The van der Waals surface area contributed by atoms with E-state index in [1.54, 1.807) is 25.4 Å². The topological polar surface area (TPSA) is 84.8 Å². The molecule has 0 radical (unpaired) electrons. The van der Waals surface area contributed by atoms with Crippen LogP contribution in [0.3, 0.4) is 0 Å². The Morgan fingerprint density at radius 2 is 2.37 bits per heavy atom. The van der Waals surface area contributed by atoms with E-state index in [2.05, 4.69) is 15.1 Å².